The Morgan fingerprint density at radius 3 is 2.83 bits per heavy atom. The van der Waals surface area contributed by atoms with Crippen LogP contribution in [-0.2, 0) is 9.63 Å². The van der Waals surface area contributed by atoms with Crippen molar-refractivity contribution in [3.8, 4) is 11.8 Å². The molecule has 0 aromatic heterocycles. The van der Waals surface area contributed by atoms with Crippen molar-refractivity contribution in [2.75, 3.05) is 6.61 Å². The van der Waals surface area contributed by atoms with Crippen LogP contribution < -0.4 is 0 Å². The molecule has 0 amide bonds. The van der Waals surface area contributed by atoms with Crippen molar-refractivity contribution in [3.05, 3.63) is 0 Å². The molecule has 3 aliphatic carbocycles. The maximum Gasteiger partial charge on any atom is 0.344 e. The number of fused-ring (bicyclic) bond motifs is 1. The quantitative estimate of drug-likeness (QED) is 0.530. The maximum atomic E-state index is 10.4. The molecule has 0 heterocycles. The van der Waals surface area contributed by atoms with Gasteiger partial charge < -0.3 is 20.2 Å². The van der Waals surface area contributed by atoms with Crippen LogP contribution in [0.15, 0.2) is 5.16 Å². The molecule has 6 nitrogen and oxygen atoms in total. The minimum absolute atomic E-state index is 0.127. The van der Waals surface area contributed by atoms with E-state index in [-0.39, 0.29) is 23.7 Å². The summed E-state index contributed by atoms with van der Waals surface area (Å²) in [5.74, 6) is 5.50. The number of nitrogens with zero attached hydrogens (tertiary/aromatic N) is 1. The third-order valence-corrected chi connectivity index (χ3v) is 5.37. The molecular formula is C17H23NO5. The van der Waals surface area contributed by atoms with Crippen LogP contribution in [0, 0.1) is 35.5 Å². The SMILES string of the molecule is O=C(O)CON=C1CC2C1CC(O)C2C#CC(O)C1CCCC1. The first-order valence-corrected chi connectivity index (χ1v) is 8.34. The molecular weight excluding hydrogens is 298 g/mol. The zero-order chi connectivity index (χ0) is 16.4. The molecule has 23 heavy (non-hydrogen) atoms. The van der Waals surface area contributed by atoms with E-state index in [0.717, 1.165) is 31.4 Å². The molecule has 0 bridgehead atoms. The molecule has 3 fully saturated rings. The van der Waals surface area contributed by atoms with E-state index >= 15 is 0 Å². The molecule has 5 atom stereocenters. The van der Waals surface area contributed by atoms with Gasteiger partial charge in [0.25, 0.3) is 0 Å². The largest absolute Gasteiger partial charge is 0.479 e. The summed E-state index contributed by atoms with van der Waals surface area (Å²) in [6.45, 7) is -0.444. The van der Waals surface area contributed by atoms with Gasteiger partial charge in [0.15, 0.2) is 0 Å². The lowest BCUT2D eigenvalue weighted by molar-refractivity contribution is -0.142. The number of carboxylic acids is 1. The van der Waals surface area contributed by atoms with Crippen molar-refractivity contribution >= 4 is 11.7 Å². The molecule has 126 valence electrons. The Morgan fingerprint density at radius 1 is 1.39 bits per heavy atom. The molecule has 0 aliphatic heterocycles. The molecule has 5 unspecified atom stereocenters. The van der Waals surface area contributed by atoms with Crippen LogP contribution in [0.2, 0.25) is 0 Å². The first-order chi connectivity index (χ1) is 11.1. The van der Waals surface area contributed by atoms with Gasteiger partial charge in [0.1, 0.15) is 6.10 Å². The molecule has 3 aliphatic rings. The Morgan fingerprint density at radius 2 is 2.13 bits per heavy atom. The topological polar surface area (TPSA) is 99.4 Å². The van der Waals surface area contributed by atoms with Gasteiger partial charge in [-0.3, -0.25) is 0 Å². The highest BCUT2D eigenvalue weighted by Gasteiger charge is 2.51. The highest BCUT2D eigenvalue weighted by atomic mass is 16.6. The van der Waals surface area contributed by atoms with Gasteiger partial charge in [-0.05, 0) is 37.5 Å². The van der Waals surface area contributed by atoms with Crippen molar-refractivity contribution < 1.29 is 25.0 Å². The number of aliphatic hydroxyl groups is 2. The van der Waals surface area contributed by atoms with Gasteiger partial charge in [-0.25, -0.2) is 4.79 Å². The van der Waals surface area contributed by atoms with Gasteiger partial charge in [0.2, 0.25) is 6.61 Å². The lowest BCUT2D eigenvalue weighted by Gasteiger charge is -2.33. The number of aliphatic hydroxyl groups excluding tert-OH is 2. The van der Waals surface area contributed by atoms with E-state index in [1.807, 2.05) is 0 Å². The number of aliphatic carboxylic acids is 1. The summed E-state index contributed by atoms with van der Waals surface area (Å²) in [7, 11) is 0. The van der Waals surface area contributed by atoms with Crippen molar-refractivity contribution in [2.24, 2.45) is 28.8 Å². The molecule has 0 spiro atoms. The Kier molecular flexibility index (Phi) is 4.88. The van der Waals surface area contributed by atoms with Gasteiger partial charge in [-0.15, -0.1) is 0 Å². The second kappa shape index (κ2) is 6.90. The fourth-order valence-corrected chi connectivity index (χ4v) is 4.05. The van der Waals surface area contributed by atoms with Crippen LogP contribution >= 0.6 is 0 Å². The van der Waals surface area contributed by atoms with Gasteiger partial charge in [0.05, 0.1) is 17.7 Å². The summed E-state index contributed by atoms with van der Waals surface area (Å²) in [4.78, 5) is 15.2. The van der Waals surface area contributed by atoms with E-state index in [1.165, 1.54) is 0 Å². The number of carbonyl (C=O) groups is 1. The summed E-state index contributed by atoms with van der Waals surface area (Å²) in [5, 5.41) is 32.7. The summed E-state index contributed by atoms with van der Waals surface area (Å²) in [5.41, 5.74) is 0.816. The van der Waals surface area contributed by atoms with Gasteiger partial charge in [0, 0.05) is 5.92 Å². The standard InChI is InChI=1S/C17H23NO5/c19-15(10-3-1-2-4-10)6-5-11-12-7-14(13(12)8-16(11)20)18-23-9-17(21)22/h10-13,15-16,19-20H,1-4,7-9H2,(H,21,22). The van der Waals surface area contributed by atoms with Gasteiger partial charge in [-0.2, -0.15) is 0 Å². The molecule has 0 aromatic carbocycles. The van der Waals surface area contributed by atoms with Crippen molar-refractivity contribution in [3.63, 3.8) is 0 Å². The van der Waals surface area contributed by atoms with Crippen LogP contribution in [0.5, 0.6) is 0 Å². The molecule has 3 N–H and O–H groups in total. The fraction of sp³-hybridized carbons (Fsp3) is 0.765. The van der Waals surface area contributed by atoms with Crippen LogP contribution in [-0.4, -0.2) is 45.8 Å². The number of hydrogen-bond acceptors (Lipinski definition) is 5. The van der Waals surface area contributed by atoms with Crippen molar-refractivity contribution in [1.82, 2.24) is 0 Å². The lowest BCUT2D eigenvalue weighted by atomic mass is 9.71. The Hall–Kier alpha value is -1.58. The molecule has 6 heteroatoms. The molecule has 0 radical (unpaired) electrons. The second-order valence-corrected chi connectivity index (χ2v) is 6.83. The number of oxime groups is 1. The number of rotatable bonds is 4. The van der Waals surface area contributed by atoms with E-state index < -0.39 is 24.8 Å². The second-order valence-electron chi connectivity index (χ2n) is 6.83. The van der Waals surface area contributed by atoms with Crippen LogP contribution in [0.1, 0.15) is 38.5 Å². The lowest BCUT2D eigenvalue weighted by Crippen LogP contribution is -2.36. The fourth-order valence-electron chi connectivity index (χ4n) is 4.05. The minimum Gasteiger partial charge on any atom is -0.479 e. The van der Waals surface area contributed by atoms with E-state index in [9.17, 15) is 15.0 Å². The van der Waals surface area contributed by atoms with Crippen molar-refractivity contribution in [2.45, 2.75) is 50.7 Å². The van der Waals surface area contributed by atoms with E-state index in [4.69, 9.17) is 9.94 Å². The molecule has 3 rings (SSSR count). The highest BCUT2D eigenvalue weighted by Crippen LogP contribution is 2.48. The van der Waals surface area contributed by atoms with Crippen molar-refractivity contribution in [1.29, 1.82) is 0 Å². The minimum atomic E-state index is -1.05. The predicted molar refractivity (Wildman–Crippen MR) is 82.5 cm³/mol. The Bertz CT molecular complexity index is 543. The molecule has 0 aromatic rings. The zero-order valence-corrected chi connectivity index (χ0v) is 13.0. The zero-order valence-electron chi connectivity index (χ0n) is 13.0. The van der Waals surface area contributed by atoms with E-state index in [2.05, 4.69) is 17.0 Å². The van der Waals surface area contributed by atoms with Gasteiger partial charge >= 0.3 is 5.97 Å². The highest BCUT2D eigenvalue weighted by molar-refractivity contribution is 5.93. The van der Waals surface area contributed by atoms with Gasteiger partial charge in [-0.1, -0.05) is 29.8 Å². The average molecular weight is 321 g/mol. The Labute approximate surface area is 135 Å². The average Bonchev–Trinajstić information content (AvgIpc) is 3.10. The molecule has 3 saturated carbocycles. The third-order valence-electron chi connectivity index (χ3n) is 5.37. The predicted octanol–water partition coefficient (Wildman–Crippen LogP) is 1.01. The summed E-state index contributed by atoms with van der Waals surface area (Å²) < 4.78 is 0. The number of hydrogen-bond donors (Lipinski definition) is 3. The third kappa shape index (κ3) is 3.51. The normalized spacial score (nSPS) is 36.0. The summed E-state index contributed by atoms with van der Waals surface area (Å²) in [6, 6.07) is 0. The summed E-state index contributed by atoms with van der Waals surface area (Å²) >= 11 is 0. The van der Waals surface area contributed by atoms with Crippen LogP contribution in [0.4, 0.5) is 0 Å². The first kappa shape index (κ1) is 16.3. The van der Waals surface area contributed by atoms with Crippen LogP contribution in [0.3, 0.4) is 0 Å². The van der Waals surface area contributed by atoms with Crippen LogP contribution in [0.25, 0.3) is 0 Å². The Balaban J connectivity index is 1.56. The van der Waals surface area contributed by atoms with E-state index in [0.29, 0.717) is 12.8 Å². The molecule has 0 saturated heterocycles. The van der Waals surface area contributed by atoms with E-state index in [1.54, 1.807) is 0 Å². The number of carboxylic acid groups (broad SMARTS) is 1. The smallest absolute Gasteiger partial charge is 0.344 e. The monoisotopic (exact) mass is 321 g/mol. The first-order valence-electron chi connectivity index (χ1n) is 8.34. The maximum absolute atomic E-state index is 10.4. The summed E-state index contributed by atoms with van der Waals surface area (Å²) in [6.07, 6.45) is 4.56.